The van der Waals surface area contributed by atoms with Crippen molar-refractivity contribution in [1.82, 2.24) is 10.6 Å². The van der Waals surface area contributed by atoms with Gasteiger partial charge in [0, 0.05) is 19.8 Å². The van der Waals surface area contributed by atoms with Crippen LogP contribution in [0.15, 0.2) is 0 Å². The van der Waals surface area contributed by atoms with Crippen LogP contribution in [0.2, 0.25) is 0 Å². The third kappa shape index (κ3) is 6.80. The van der Waals surface area contributed by atoms with E-state index in [0.29, 0.717) is 13.2 Å². The van der Waals surface area contributed by atoms with E-state index in [1.807, 2.05) is 0 Å². The smallest absolute Gasteiger partial charge is 0.315 e. The van der Waals surface area contributed by atoms with Gasteiger partial charge in [0.05, 0.1) is 11.0 Å². The molecule has 0 aromatic carbocycles. The van der Waals surface area contributed by atoms with Gasteiger partial charge in [-0.15, -0.1) is 0 Å². The average molecular weight is 302 g/mol. The van der Waals surface area contributed by atoms with Gasteiger partial charge in [-0.1, -0.05) is 13.3 Å². The standard InChI is InChI=1S/C15H30N2O4/c1-6-7-10-21-11-8-9-16-13(20)17-15(4,5)14(2,3)12(18)19/h6-11H2,1-5H3,(H,18,19)(H2,16,17,20). The molecule has 6 nitrogen and oxygen atoms in total. The van der Waals surface area contributed by atoms with Crippen molar-refractivity contribution in [3.05, 3.63) is 0 Å². The van der Waals surface area contributed by atoms with Crippen molar-refractivity contribution >= 4 is 12.0 Å². The summed E-state index contributed by atoms with van der Waals surface area (Å²) in [5.74, 6) is -0.947. The van der Waals surface area contributed by atoms with E-state index >= 15 is 0 Å². The first kappa shape index (κ1) is 19.7. The Balaban J connectivity index is 4.01. The summed E-state index contributed by atoms with van der Waals surface area (Å²) < 4.78 is 5.39. The molecule has 0 bridgehead atoms. The van der Waals surface area contributed by atoms with Crippen LogP contribution in [0.25, 0.3) is 0 Å². The number of amides is 2. The predicted octanol–water partition coefficient (Wildman–Crippen LogP) is 2.38. The molecule has 0 aliphatic carbocycles. The number of urea groups is 1. The Kier molecular flexibility index (Phi) is 8.32. The van der Waals surface area contributed by atoms with Crippen molar-refractivity contribution in [2.75, 3.05) is 19.8 Å². The second kappa shape index (κ2) is 8.87. The summed E-state index contributed by atoms with van der Waals surface area (Å²) in [6, 6.07) is -0.358. The zero-order valence-electron chi connectivity index (χ0n) is 13.9. The van der Waals surface area contributed by atoms with Crippen LogP contribution in [-0.4, -0.2) is 42.4 Å². The fraction of sp³-hybridized carbons (Fsp3) is 0.867. The summed E-state index contributed by atoms with van der Waals surface area (Å²) in [6.45, 7) is 10.6. The molecule has 2 amide bonds. The first-order valence-electron chi connectivity index (χ1n) is 7.52. The minimum absolute atomic E-state index is 0.358. The summed E-state index contributed by atoms with van der Waals surface area (Å²) in [7, 11) is 0. The fourth-order valence-electron chi connectivity index (χ4n) is 1.48. The van der Waals surface area contributed by atoms with Gasteiger partial charge < -0.3 is 20.5 Å². The molecule has 0 rings (SSSR count). The lowest BCUT2D eigenvalue weighted by Crippen LogP contribution is -2.59. The molecular weight excluding hydrogens is 272 g/mol. The van der Waals surface area contributed by atoms with Crippen LogP contribution in [0, 0.1) is 5.41 Å². The number of hydrogen-bond donors (Lipinski definition) is 3. The summed E-state index contributed by atoms with van der Waals surface area (Å²) in [4.78, 5) is 23.1. The number of ether oxygens (including phenoxy) is 1. The van der Waals surface area contributed by atoms with Crippen LogP contribution in [0.4, 0.5) is 4.79 Å². The Morgan fingerprint density at radius 2 is 1.67 bits per heavy atom. The van der Waals surface area contributed by atoms with Gasteiger partial charge >= 0.3 is 12.0 Å². The van der Waals surface area contributed by atoms with Gasteiger partial charge in [-0.2, -0.15) is 0 Å². The third-order valence-electron chi connectivity index (χ3n) is 3.92. The molecule has 0 saturated heterocycles. The molecule has 0 heterocycles. The maximum atomic E-state index is 11.8. The van der Waals surface area contributed by atoms with Gasteiger partial charge in [0.1, 0.15) is 0 Å². The highest BCUT2D eigenvalue weighted by Gasteiger charge is 2.44. The zero-order chi connectivity index (χ0) is 16.5. The molecule has 124 valence electrons. The van der Waals surface area contributed by atoms with Gasteiger partial charge in [0.15, 0.2) is 0 Å². The summed E-state index contributed by atoms with van der Waals surface area (Å²) >= 11 is 0. The molecule has 0 aliphatic rings. The third-order valence-corrected chi connectivity index (χ3v) is 3.92. The van der Waals surface area contributed by atoms with Gasteiger partial charge in [0.25, 0.3) is 0 Å². The Labute approximate surface area is 127 Å². The normalized spacial score (nSPS) is 12.0. The second-order valence-corrected chi connectivity index (χ2v) is 6.26. The maximum absolute atomic E-state index is 11.8. The van der Waals surface area contributed by atoms with Crippen LogP contribution < -0.4 is 10.6 Å². The largest absolute Gasteiger partial charge is 0.481 e. The van der Waals surface area contributed by atoms with Crippen molar-refractivity contribution in [2.24, 2.45) is 5.41 Å². The van der Waals surface area contributed by atoms with Gasteiger partial charge in [-0.3, -0.25) is 4.79 Å². The lowest BCUT2D eigenvalue weighted by molar-refractivity contribution is -0.150. The zero-order valence-corrected chi connectivity index (χ0v) is 13.9. The Morgan fingerprint density at radius 3 is 2.19 bits per heavy atom. The first-order chi connectivity index (χ1) is 9.65. The van der Waals surface area contributed by atoms with Crippen LogP contribution in [0.3, 0.4) is 0 Å². The maximum Gasteiger partial charge on any atom is 0.315 e. The van der Waals surface area contributed by atoms with Crippen LogP contribution >= 0.6 is 0 Å². The van der Waals surface area contributed by atoms with E-state index in [4.69, 9.17) is 4.74 Å². The van der Waals surface area contributed by atoms with Crippen LogP contribution in [0.5, 0.6) is 0 Å². The number of carbonyl (C=O) groups is 2. The van der Waals surface area contributed by atoms with Crippen LogP contribution in [0.1, 0.15) is 53.9 Å². The Hall–Kier alpha value is -1.30. The lowest BCUT2D eigenvalue weighted by atomic mass is 9.74. The number of unbranched alkanes of at least 4 members (excludes halogenated alkanes) is 1. The molecular formula is C15H30N2O4. The predicted molar refractivity (Wildman–Crippen MR) is 82.4 cm³/mol. The molecule has 0 radical (unpaired) electrons. The highest BCUT2D eigenvalue weighted by molar-refractivity contribution is 5.79. The molecule has 6 heteroatoms. The SMILES string of the molecule is CCCCOCCCNC(=O)NC(C)(C)C(C)(C)C(=O)O. The summed E-state index contributed by atoms with van der Waals surface area (Å²) in [5, 5.41) is 14.7. The van der Waals surface area contributed by atoms with Crippen LogP contribution in [-0.2, 0) is 9.53 Å². The Bertz CT molecular complexity index is 341. The molecule has 21 heavy (non-hydrogen) atoms. The number of aliphatic carboxylic acids is 1. The van der Waals surface area contributed by atoms with E-state index in [0.717, 1.165) is 25.9 Å². The van der Waals surface area contributed by atoms with Crippen molar-refractivity contribution in [2.45, 2.75) is 59.4 Å². The van der Waals surface area contributed by atoms with E-state index in [1.165, 1.54) is 0 Å². The van der Waals surface area contributed by atoms with E-state index in [9.17, 15) is 14.7 Å². The molecule has 0 saturated carbocycles. The topological polar surface area (TPSA) is 87.7 Å². The Morgan fingerprint density at radius 1 is 1.10 bits per heavy atom. The number of carboxylic acid groups (broad SMARTS) is 1. The first-order valence-corrected chi connectivity index (χ1v) is 7.52. The number of carboxylic acids is 1. The minimum atomic E-state index is -1.06. The molecule has 0 atom stereocenters. The molecule has 0 aromatic heterocycles. The van der Waals surface area contributed by atoms with Gasteiger partial charge in [0.2, 0.25) is 0 Å². The molecule has 0 aromatic rings. The van der Waals surface area contributed by atoms with E-state index < -0.39 is 16.9 Å². The number of rotatable bonds is 10. The molecule has 3 N–H and O–H groups in total. The van der Waals surface area contributed by atoms with Gasteiger partial charge in [-0.05, 0) is 40.5 Å². The number of nitrogens with one attached hydrogen (secondary N) is 2. The lowest BCUT2D eigenvalue weighted by Gasteiger charge is -2.38. The highest BCUT2D eigenvalue weighted by Crippen LogP contribution is 2.30. The van der Waals surface area contributed by atoms with Crippen molar-refractivity contribution in [3.63, 3.8) is 0 Å². The molecule has 0 spiro atoms. The minimum Gasteiger partial charge on any atom is -0.481 e. The number of carbonyl (C=O) groups excluding carboxylic acids is 1. The monoisotopic (exact) mass is 302 g/mol. The van der Waals surface area contributed by atoms with Crippen molar-refractivity contribution in [3.8, 4) is 0 Å². The van der Waals surface area contributed by atoms with Crippen molar-refractivity contribution < 1.29 is 19.4 Å². The van der Waals surface area contributed by atoms with E-state index in [2.05, 4.69) is 17.6 Å². The van der Waals surface area contributed by atoms with E-state index in [1.54, 1.807) is 27.7 Å². The number of hydrogen-bond acceptors (Lipinski definition) is 3. The molecule has 0 fully saturated rings. The highest BCUT2D eigenvalue weighted by atomic mass is 16.5. The van der Waals surface area contributed by atoms with Gasteiger partial charge in [-0.25, -0.2) is 4.79 Å². The van der Waals surface area contributed by atoms with E-state index in [-0.39, 0.29) is 6.03 Å². The molecule has 0 aliphatic heterocycles. The van der Waals surface area contributed by atoms with Crippen molar-refractivity contribution in [1.29, 1.82) is 0 Å². The fourth-order valence-corrected chi connectivity index (χ4v) is 1.48. The quantitative estimate of drug-likeness (QED) is 0.541. The average Bonchev–Trinajstić information content (AvgIpc) is 2.36. The summed E-state index contributed by atoms with van der Waals surface area (Å²) in [5.41, 5.74) is -1.92. The molecule has 0 unspecified atom stereocenters. The second-order valence-electron chi connectivity index (χ2n) is 6.26. The summed E-state index contributed by atoms with van der Waals surface area (Å²) in [6.07, 6.45) is 2.89.